The summed E-state index contributed by atoms with van der Waals surface area (Å²) in [5, 5.41) is 3.29. The van der Waals surface area contributed by atoms with Gasteiger partial charge < -0.3 is 5.32 Å². The molecule has 0 spiro atoms. The molecule has 0 amide bonds. The molecule has 0 saturated heterocycles. The summed E-state index contributed by atoms with van der Waals surface area (Å²) in [4.78, 5) is 0. The summed E-state index contributed by atoms with van der Waals surface area (Å²) in [6, 6.07) is 4.16. The largest absolute Gasteiger partial charge is 0.384 e. The normalized spacial score (nSPS) is 11.6. The standard InChI is InChI=1S/C13H20BrNO2S/c1-4-18(16,17)7-5-6-15-13-11(3)8-10(2)9-12(13)14/h8-9,15H,4-7H2,1-3H3. The van der Waals surface area contributed by atoms with Crippen molar-refractivity contribution in [2.45, 2.75) is 27.2 Å². The minimum absolute atomic E-state index is 0.222. The molecule has 0 aromatic heterocycles. The second kappa shape index (κ2) is 6.57. The summed E-state index contributed by atoms with van der Waals surface area (Å²) < 4.78 is 23.7. The molecule has 0 aliphatic rings. The molecule has 0 saturated carbocycles. The van der Waals surface area contributed by atoms with Gasteiger partial charge in [0.25, 0.3) is 0 Å². The number of hydrogen-bond donors (Lipinski definition) is 1. The van der Waals surface area contributed by atoms with Crippen LogP contribution in [-0.4, -0.2) is 26.5 Å². The lowest BCUT2D eigenvalue weighted by molar-refractivity contribution is 0.595. The molecule has 0 radical (unpaired) electrons. The van der Waals surface area contributed by atoms with Gasteiger partial charge in [-0.3, -0.25) is 0 Å². The van der Waals surface area contributed by atoms with Crippen LogP contribution < -0.4 is 5.32 Å². The summed E-state index contributed by atoms with van der Waals surface area (Å²) in [7, 11) is -2.85. The van der Waals surface area contributed by atoms with Crippen molar-refractivity contribution in [3.63, 3.8) is 0 Å². The molecular formula is C13H20BrNO2S. The van der Waals surface area contributed by atoms with Gasteiger partial charge in [-0.15, -0.1) is 0 Å². The van der Waals surface area contributed by atoms with Crippen LogP contribution in [0.4, 0.5) is 5.69 Å². The lowest BCUT2D eigenvalue weighted by Crippen LogP contribution is -2.13. The van der Waals surface area contributed by atoms with E-state index in [0.29, 0.717) is 13.0 Å². The Morgan fingerprint density at radius 3 is 2.50 bits per heavy atom. The number of hydrogen-bond acceptors (Lipinski definition) is 3. The van der Waals surface area contributed by atoms with Crippen LogP contribution in [0.15, 0.2) is 16.6 Å². The zero-order valence-corrected chi connectivity index (χ0v) is 13.5. The highest BCUT2D eigenvalue weighted by molar-refractivity contribution is 9.10. The fourth-order valence-corrected chi connectivity index (χ4v) is 3.48. The molecule has 1 aromatic rings. The Labute approximate surface area is 118 Å². The first-order valence-electron chi connectivity index (χ1n) is 6.07. The van der Waals surface area contributed by atoms with E-state index in [-0.39, 0.29) is 11.5 Å². The average molecular weight is 334 g/mol. The van der Waals surface area contributed by atoms with Crippen LogP contribution in [0.3, 0.4) is 0 Å². The molecule has 0 fully saturated rings. The number of rotatable bonds is 6. The number of nitrogens with one attached hydrogen (secondary N) is 1. The number of benzene rings is 1. The van der Waals surface area contributed by atoms with Crippen LogP contribution in [0.5, 0.6) is 0 Å². The molecular weight excluding hydrogens is 314 g/mol. The van der Waals surface area contributed by atoms with Gasteiger partial charge in [-0.1, -0.05) is 13.0 Å². The van der Waals surface area contributed by atoms with Crippen molar-refractivity contribution < 1.29 is 8.42 Å². The molecule has 1 rings (SSSR count). The topological polar surface area (TPSA) is 46.2 Å². The Morgan fingerprint density at radius 1 is 1.28 bits per heavy atom. The summed E-state index contributed by atoms with van der Waals surface area (Å²) in [5.74, 6) is 0.472. The molecule has 18 heavy (non-hydrogen) atoms. The van der Waals surface area contributed by atoms with Crippen LogP contribution in [0.1, 0.15) is 24.5 Å². The van der Waals surface area contributed by atoms with Gasteiger partial charge in [-0.2, -0.15) is 0 Å². The Hall–Kier alpha value is -0.550. The summed E-state index contributed by atoms with van der Waals surface area (Å²) in [6.45, 7) is 6.45. The Bertz CT molecular complexity index is 489. The van der Waals surface area contributed by atoms with Crippen molar-refractivity contribution in [3.05, 3.63) is 27.7 Å². The Kier molecular flexibility index (Phi) is 5.66. The predicted molar refractivity (Wildman–Crippen MR) is 81.1 cm³/mol. The van der Waals surface area contributed by atoms with Crippen molar-refractivity contribution in [1.82, 2.24) is 0 Å². The molecule has 1 aromatic carbocycles. The third kappa shape index (κ3) is 4.61. The van der Waals surface area contributed by atoms with Crippen molar-refractivity contribution in [2.24, 2.45) is 0 Å². The maximum absolute atomic E-state index is 11.4. The van der Waals surface area contributed by atoms with E-state index in [1.165, 1.54) is 11.1 Å². The number of aryl methyl sites for hydroxylation is 2. The van der Waals surface area contributed by atoms with Crippen LogP contribution >= 0.6 is 15.9 Å². The maximum Gasteiger partial charge on any atom is 0.150 e. The van der Waals surface area contributed by atoms with Crippen LogP contribution in [0.2, 0.25) is 0 Å². The van der Waals surface area contributed by atoms with Crippen LogP contribution in [-0.2, 0) is 9.84 Å². The smallest absolute Gasteiger partial charge is 0.150 e. The molecule has 102 valence electrons. The van der Waals surface area contributed by atoms with E-state index < -0.39 is 9.84 Å². The first-order valence-corrected chi connectivity index (χ1v) is 8.68. The van der Waals surface area contributed by atoms with Gasteiger partial charge in [0.2, 0.25) is 0 Å². The van der Waals surface area contributed by atoms with E-state index in [4.69, 9.17) is 0 Å². The van der Waals surface area contributed by atoms with E-state index in [0.717, 1.165) is 10.2 Å². The molecule has 0 aliphatic carbocycles. The molecule has 0 aliphatic heterocycles. The first kappa shape index (κ1) is 15.5. The lowest BCUT2D eigenvalue weighted by Gasteiger charge is -2.12. The van der Waals surface area contributed by atoms with E-state index in [9.17, 15) is 8.42 Å². The SMILES string of the molecule is CCS(=O)(=O)CCCNc1c(C)cc(C)cc1Br. The number of sulfone groups is 1. The fraction of sp³-hybridized carbons (Fsp3) is 0.538. The quantitative estimate of drug-likeness (QED) is 0.812. The van der Waals surface area contributed by atoms with Gasteiger partial charge in [0.1, 0.15) is 9.84 Å². The van der Waals surface area contributed by atoms with Crippen molar-refractivity contribution >= 4 is 31.5 Å². The zero-order valence-electron chi connectivity index (χ0n) is 11.1. The highest BCUT2D eigenvalue weighted by Crippen LogP contribution is 2.27. The molecule has 0 atom stereocenters. The molecule has 5 heteroatoms. The third-order valence-corrected chi connectivity index (χ3v) is 5.22. The monoisotopic (exact) mass is 333 g/mol. The summed E-state index contributed by atoms with van der Waals surface area (Å²) in [6.07, 6.45) is 0.635. The molecule has 0 unspecified atom stereocenters. The third-order valence-electron chi connectivity index (χ3n) is 2.81. The molecule has 1 N–H and O–H groups in total. The van der Waals surface area contributed by atoms with Gasteiger partial charge in [0.05, 0.1) is 11.4 Å². The van der Waals surface area contributed by atoms with Gasteiger partial charge >= 0.3 is 0 Å². The lowest BCUT2D eigenvalue weighted by atomic mass is 10.1. The number of anilines is 1. The molecule has 0 bridgehead atoms. The Morgan fingerprint density at radius 2 is 1.94 bits per heavy atom. The fourth-order valence-electron chi connectivity index (χ4n) is 1.79. The minimum atomic E-state index is -2.85. The van der Waals surface area contributed by atoms with Gasteiger partial charge in [-0.25, -0.2) is 8.42 Å². The predicted octanol–water partition coefficient (Wildman–Crippen LogP) is 3.30. The second-order valence-corrected chi connectivity index (χ2v) is 7.78. The second-order valence-electron chi connectivity index (χ2n) is 4.46. The van der Waals surface area contributed by atoms with Gasteiger partial charge in [-0.05, 0) is 53.4 Å². The van der Waals surface area contributed by atoms with Crippen molar-refractivity contribution in [3.8, 4) is 0 Å². The zero-order chi connectivity index (χ0) is 13.8. The Balaban J connectivity index is 2.55. The van der Waals surface area contributed by atoms with Crippen LogP contribution in [0, 0.1) is 13.8 Å². The highest BCUT2D eigenvalue weighted by atomic mass is 79.9. The van der Waals surface area contributed by atoms with Crippen molar-refractivity contribution in [2.75, 3.05) is 23.4 Å². The first-order chi connectivity index (χ1) is 8.35. The molecule has 3 nitrogen and oxygen atoms in total. The van der Waals surface area contributed by atoms with Crippen LogP contribution in [0.25, 0.3) is 0 Å². The summed E-state index contributed by atoms with van der Waals surface area (Å²) >= 11 is 3.52. The minimum Gasteiger partial charge on any atom is -0.384 e. The molecule has 0 heterocycles. The van der Waals surface area contributed by atoms with E-state index in [2.05, 4.69) is 40.3 Å². The maximum atomic E-state index is 11.4. The van der Waals surface area contributed by atoms with Gasteiger partial charge in [0.15, 0.2) is 0 Å². The van der Waals surface area contributed by atoms with E-state index in [1.807, 2.05) is 6.92 Å². The average Bonchev–Trinajstić information content (AvgIpc) is 2.26. The van der Waals surface area contributed by atoms with E-state index in [1.54, 1.807) is 6.92 Å². The summed E-state index contributed by atoms with van der Waals surface area (Å²) in [5.41, 5.74) is 3.42. The van der Waals surface area contributed by atoms with E-state index >= 15 is 0 Å². The highest BCUT2D eigenvalue weighted by Gasteiger charge is 2.08. The van der Waals surface area contributed by atoms with Gasteiger partial charge in [0, 0.05) is 16.8 Å². The van der Waals surface area contributed by atoms with Crippen molar-refractivity contribution in [1.29, 1.82) is 0 Å². The number of halogens is 1.